The molecule has 0 radical (unpaired) electrons. The average Bonchev–Trinajstić information content (AvgIpc) is 2.82. The fourth-order valence-electron chi connectivity index (χ4n) is 5.22. The van der Waals surface area contributed by atoms with E-state index in [0.29, 0.717) is 0 Å². The van der Waals surface area contributed by atoms with Crippen molar-refractivity contribution in [2.45, 2.75) is 187 Å². The molecule has 206 valence electrons. The van der Waals surface area contributed by atoms with Crippen molar-refractivity contribution in [3.8, 4) is 0 Å². The van der Waals surface area contributed by atoms with Gasteiger partial charge in [-0.2, -0.15) is 0 Å². The number of rotatable bonds is 29. The zero-order valence-electron chi connectivity index (χ0n) is 24.4. The van der Waals surface area contributed by atoms with Gasteiger partial charge in [0.05, 0.1) is 20.1 Å². The van der Waals surface area contributed by atoms with Crippen LogP contribution >= 0.6 is 0 Å². The van der Waals surface area contributed by atoms with Crippen molar-refractivity contribution < 1.29 is 4.65 Å². The lowest BCUT2D eigenvalue weighted by molar-refractivity contribution is -0.861. The minimum absolute atomic E-state index is 0.00421. The van der Waals surface area contributed by atoms with E-state index < -0.39 is 0 Å². The molecule has 0 bridgehead atoms. The SMILES string of the molecule is CCCCCCCCCCCCCCCCCCC[N+](C)([O-])CCCCCCCCCCCC. The van der Waals surface area contributed by atoms with Crippen molar-refractivity contribution in [1.29, 1.82) is 0 Å². The van der Waals surface area contributed by atoms with Crippen molar-refractivity contribution in [3.63, 3.8) is 0 Å². The second kappa shape index (κ2) is 27.5. The molecule has 0 spiro atoms. The van der Waals surface area contributed by atoms with Gasteiger partial charge in [0.1, 0.15) is 0 Å². The standard InChI is InChI=1S/C32H67NO/c1-4-6-8-10-12-14-16-17-18-19-20-21-22-24-26-28-30-32-33(3,34)31-29-27-25-23-15-13-11-9-7-5-2/h4-32H2,1-3H3. The Kier molecular flexibility index (Phi) is 27.4. The van der Waals surface area contributed by atoms with Crippen LogP contribution < -0.4 is 0 Å². The molecule has 0 saturated carbocycles. The van der Waals surface area contributed by atoms with E-state index in [2.05, 4.69) is 13.8 Å². The summed E-state index contributed by atoms with van der Waals surface area (Å²) in [6, 6.07) is 0. The monoisotopic (exact) mass is 482 g/mol. The lowest BCUT2D eigenvalue weighted by Gasteiger charge is -2.39. The summed E-state index contributed by atoms with van der Waals surface area (Å²) in [6.07, 6.45) is 37.2. The van der Waals surface area contributed by atoms with E-state index in [1.54, 1.807) is 0 Å². The average molecular weight is 482 g/mol. The molecular weight excluding hydrogens is 414 g/mol. The zero-order chi connectivity index (χ0) is 25.0. The minimum Gasteiger partial charge on any atom is -0.633 e. The highest BCUT2D eigenvalue weighted by Crippen LogP contribution is 2.16. The third-order valence-electron chi connectivity index (χ3n) is 7.72. The summed E-state index contributed by atoms with van der Waals surface area (Å²) in [5, 5.41) is 12.6. The number of quaternary nitrogens is 1. The molecule has 0 aliphatic carbocycles. The molecule has 2 nitrogen and oxygen atoms in total. The molecule has 0 amide bonds. The molecule has 1 unspecified atom stereocenters. The summed E-state index contributed by atoms with van der Waals surface area (Å²) in [7, 11) is 1.90. The lowest BCUT2D eigenvalue weighted by atomic mass is 10.0. The fourth-order valence-corrected chi connectivity index (χ4v) is 5.22. The van der Waals surface area contributed by atoms with E-state index in [0.717, 1.165) is 25.9 Å². The molecule has 0 heterocycles. The van der Waals surface area contributed by atoms with Crippen LogP contribution in [-0.4, -0.2) is 24.8 Å². The predicted octanol–water partition coefficient (Wildman–Crippen LogP) is 11.5. The zero-order valence-corrected chi connectivity index (χ0v) is 24.4. The van der Waals surface area contributed by atoms with Gasteiger partial charge in [-0.05, 0) is 25.7 Å². The van der Waals surface area contributed by atoms with Crippen LogP contribution in [0.5, 0.6) is 0 Å². The van der Waals surface area contributed by atoms with Gasteiger partial charge < -0.3 is 9.85 Å². The van der Waals surface area contributed by atoms with Gasteiger partial charge in [0.15, 0.2) is 0 Å². The van der Waals surface area contributed by atoms with E-state index in [1.807, 2.05) is 7.05 Å². The number of unbranched alkanes of at least 4 members (excludes halogenated alkanes) is 25. The molecule has 0 N–H and O–H groups in total. The summed E-state index contributed by atoms with van der Waals surface area (Å²) in [4.78, 5) is 0. The van der Waals surface area contributed by atoms with E-state index in [9.17, 15) is 5.21 Å². The second-order valence-corrected chi connectivity index (χ2v) is 11.6. The Bertz CT molecular complexity index is 368. The van der Waals surface area contributed by atoms with Crippen LogP contribution in [0.1, 0.15) is 187 Å². The van der Waals surface area contributed by atoms with Gasteiger partial charge >= 0.3 is 0 Å². The van der Waals surface area contributed by atoms with Gasteiger partial charge in [-0.3, -0.25) is 0 Å². The van der Waals surface area contributed by atoms with Crippen molar-refractivity contribution >= 4 is 0 Å². The van der Waals surface area contributed by atoms with Crippen LogP contribution in [0.4, 0.5) is 0 Å². The molecule has 0 rings (SSSR count). The molecule has 0 aromatic carbocycles. The first-order chi connectivity index (χ1) is 16.6. The molecule has 2 heteroatoms. The molecule has 34 heavy (non-hydrogen) atoms. The molecule has 0 aromatic rings. The molecule has 0 aliphatic rings. The Labute approximate surface area is 217 Å². The number of hydroxylamine groups is 3. The third kappa shape index (κ3) is 28.2. The Morgan fingerprint density at radius 2 is 0.500 bits per heavy atom. The Morgan fingerprint density at radius 3 is 0.706 bits per heavy atom. The molecule has 0 saturated heterocycles. The predicted molar refractivity (Wildman–Crippen MR) is 155 cm³/mol. The van der Waals surface area contributed by atoms with Gasteiger partial charge in [0, 0.05) is 0 Å². The van der Waals surface area contributed by atoms with Crippen LogP contribution in [0.3, 0.4) is 0 Å². The molecule has 1 atom stereocenters. The number of nitrogens with zero attached hydrogens (tertiary/aromatic N) is 1. The number of hydrogen-bond acceptors (Lipinski definition) is 1. The van der Waals surface area contributed by atoms with Gasteiger partial charge in [-0.25, -0.2) is 0 Å². The van der Waals surface area contributed by atoms with Gasteiger partial charge in [0.2, 0.25) is 0 Å². The van der Waals surface area contributed by atoms with E-state index in [4.69, 9.17) is 0 Å². The maximum Gasteiger partial charge on any atom is 0.0781 e. The van der Waals surface area contributed by atoms with E-state index in [1.165, 1.54) is 161 Å². The van der Waals surface area contributed by atoms with Crippen LogP contribution in [0.2, 0.25) is 0 Å². The van der Waals surface area contributed by atoms with Crippen LogP contribution in [0, 0.1) is 5.21 Å². The van der Waals surface area contributed by atoms with E-state index in [-0.39, 0.29) is 4.65 Å². The van der Waals surface area contributed by atoms with Gasteiger partial charge in [-0.1, -0.05) is 162 Å². The maximum absolute atomic E-state index is 12.6. The van der Waals surface area contributed by atoms with Crippen LogP contribution in [0.15, 0.2) is 0 Å². The summed E-state index contributed by atoms with van der Waals surface area (Å²) in [5.41, 5.74) is 0. The molecule has 0 aliphatic heterocycles. The van der Waals surface area contributed by atoms with Crippen molar-refractivity contribution in [3.05, 3.63) is 5.21 Å². The van der Waals surface area contributed by atoms with Gasteiger partial charge in [0.25, 0.3) is 0 Å². The van der Waals surface area contributed by atoms with Crippen molar-refractivity contribution in [1.82, 2.24) is 0 Å². The summed E-state index contributed by atoms with van der Waals surface area (Å²) in [6.45, 7) is 6.23. The van der Waals surface area contributed by atoms with Gasteiger partial charge in [-0.15, -0.1) is 0 Å². The molecule has 0 fully saturated rings. The summed E-state index contributed by atoms with van der Waals surface area (Å²) < 4.78 is -0.00421. The highest BCUT2D eigenvalue weighted by molar-refractivity contribution is 4.52. The summed E-state index contributed by atoms with van der Waals surface area (Å²) >= 11 is 0. The van der Waals surface area contributed by atoms with Crippen LogP contribution in [0.25, 0.3) is 0 Å². The topological polar surface area (TPSA) is 23.1 Å². The molecular formula is C32H67NO. The first-order valence-corrected chi connectivity index (χ1v) is 16.2. The highest BCUT2D eigenvalue weighted by Gasteiger charge is 2.09. The largest absolute Gasteiger partial charge is 0.633 e. The molecule has 0 aromatic heterocycles. The second-order valence-electron chi connectivity index (χ2n) is 11.6. The van der Waals surface area contributed by atoms with Crippen LogP contribution in [-0.2, 0) is 0 Å². The fraction of sp³-hybridized carbons (Fsp3) is 1.00. The summed E-state index contributed by atoms with van der Waals surface area (Å²) in [5.74, 6) is 0. The van der Waals surface area contributed by atoms with Crippen molar-refractivity contribution in [2.24, 2.45) is 0 Å². The Balaban J connectivity index is 3.26. The lowest BCUT2D eigenvalue weighted by Crippen LogP contribution is -2.39. The maximum atomic E-state index is 12.6. The Morgan fingerprint density at radius 1 is 0.324 bits per heavy atom. The quantitative estimate of drug-likeness (QED) is 0.0591. The van der Waals surface area contributed by atoms with Crippen molar-refractivity contribution in [2.75, 3.05) is 20.1 Å². The minimum atomic E-state index is -0.00421. The normalized spacial score (nSPS) is 13.4. The smallest absolute Gasteiger partial charge is 0.0781 e. The Hall–Kier alpha value is -0.0800. The van der Waals surface area contributed by atoms with E-state index >= 15 is 0 Å². The number of hydrogen-bond donors (Lipinski definition) is 0. The first-order valence-electron chi connectivity index (χ1n) is 16.2. The highest BCUT2D eigenvalue weighted by atomic mass is 16.5. The third-order valence-corrected chi connectivity index (χ3v) is 7.72. The first kappa shape index (κ1) is 33.9.